The van der Waals surface area contributed by atoms with Gasteiger partial charge in [-0.2, -0.15) is 0 Å². The van der Waals surface area contributed by atoms with Gasteiger partial charge in [-0.15, -0.1) is 0 Å². The van der Waals surface area contributed by atoms with Gasteiger partial charge >= 0.3 is 0 Å². The van der Waals surface area contributed by atoms with E-state index in [1.54, 1.807) is 5.56 Å². The van der Waals surface area contributed by atoms with Crippen molar-refractivity contribution in [3.05, 3.63) is 65.2 Å². The SMILES string of the molecule is CN1Cc2cccc3c2[C@H](CN3C)[C@H](c2ccccc2)C1. The lowest BCUT2D eigenvalue weighted by Crippen LogP contribution is -2.27. The lowest BCUT2D eigenvalue weighted by molar-refractivity contribution is 0.302. The molecule has 0 amide bonds. The van der Waals surface area contributed by atoms with Crippen molar-refractivity contribution in [1.82, 2.24) is 4.90 Å². The molecule has 21 heavy (non-hydrogen) atoms. The number of anilines is 1. The van der Waals surface area contributed by atoms with E-state index in [0.29, 0.717) is 11.8 Å². The van der Waals surface area contributed by atoms with Crippen LogP contribution in [0.3, 0.4) is 0 Å². The number of rotatable bonds is 1. The van der Waals surface area contributed by atoms with Gasteiger partial charge in [0.05, 0.1) is 0 Å². The number of benzene rings is 2. The first-order valence-corrected chi connectivity index (χ1v) is 7.80. The first-order valence-electron chi connectivity index (χ1n) is 7.80. The predicted octanol–water partition coefficient (Wildman–Crippen LogP) is 3.45. The standard InChI is InChI=1S/C19H22N2/c1-20-11-15-9-6-10-18-19(15)17(13-21(18)2)16(12-20)14-7-4-3-5-8-14/h3-10,16-17H,11-13H2,1-2H3/t16-,17+/m0/s1. The number of hydrogen-bond donors (Lipinski definition) is 0. The molecular formula is C19H22N2. The van der Waals surface area contributed by atoms with Crippen LogP contribution in [0.5, 0.6) is 0 Å². The first kappa shape index (κ1) is 12.9. The molecule has 2 heterocycles. The van der Waals surface area contributed by atoms with E-state index in [9.17, 15) is 0 Å². The monoisotopic (exact) mass is 278 g/mol. The normalized spacial score (nSPS) is 24.8. The summed E-state index contributed by atoms with van der Waals surface area (Å²) >= 11 is 0. The van der Waals surface area contributed by atoms with Crippen molar-refractivity contribution in [2.24, 2.45) is 0 Å². The molecule has 0 fully saturated rings. The van der Waals surface area contributed by atoms with Gasteiger partial charge in [-0.05, 0) is 29.8 Å². The second-order valence-electron chi connectivity index (χ2n) is 6.55. The van der Waals surface area contributed by atoms with Crippen LogP contribution in [0, 0.1) is 0 Å². The Morgan fingerprint density at radius 2 is 1.67 bits per heavy atom. The molecule has 0 spiro atoms. The van der Waals surface area contributed by atoms with Crippen molar-refractivity contribution in [3.63, 3.8) is 0 Å². The number of nitrogens with zero attached hydrogens (tertiary/aromatic N) is 2. The summed E-state index contributed by atoms with van der Waals surface area (Å²) in [6, 6.07) is 17.9. The van der Waals surface area contributed by atoms with Crippen LogP contribution in [-0.4, -0.2) is 32.1 Å². The molecule has 2 aromatic rings. The molecular weight excluding hydrogens is 256 g/mol. The molecule has 2 heteroatoms. The average Bonchev–Trinajstić information content (AvgIpc) is 2.76. The summed E-state index contributed by atoms with van der Waals surface area (Å²) in [4.78, 5) is 4.91. The fraction of sp³-hybridized carbons (Fsp3) is 0.368. The lowest BCUT2D eigenvalue weighted by Gasteiger charge is -2.26. The van der Waals surface area contributed by atoms with Gasteiger partial charge in [0.2, 0.25) is 0 Å². The van der Waals surface area contributed by atoms with Crippen molar-refractivity contribution in [3.8, 4) is 0 Å². The molecule has 2 aliphatic rings. The van der Waals surface area contributed by atoms with Gasteiger partial charge in [0.25, 0.3) is 0 Å². The summed E-state index contributed by atoms with van der Waals surface area (Å²) in [5, 5.41) is 0. The highest BCUT2D eigenvalue weighted by Gasteiger charge is 2.37. The Kier molecular flexibility index (Phi) is 3.00. The van der Waals surface area contributed by atoms with E-state index in [1.165, 1.54) is 16.8 Å². The van der Waals surface area contributed by atoms with Crippen LogP contribution in [0.1, 0.15) is 28.5 Å². The minimum atomic E-state index is 0.587. The molecule has 0 saturated heterocycles. The number of hydrogen-bond acceptors (Lipinski definition) is 2. The highest BCUT2D eigenvalue weighted by molar-refractivity contribution is 5.64. The third kappa shape index (κ3) is 2.06. The molecule has 2 aromatic carbocycles. The average molecular weight is 278 g/mol. The van der Waals surface area contributed by atoms with Crippen molar-refractivity contribution < 1.29 is 0 Å². The molecule has 0 aromatic heterocycles. The summed E-state index contributed by atoms with van der Waals surface area (Å²) in [5.41, 5.74) is 6.03. The maximum Gasteiger partial charge on any atom is 0.0403 e. The fourth-order valence-corrected chi connectivity index (χ4v) is 4.17. The van der Waals surface area contributed by atoms with Gasteiger partial charge in [-0.25, -0.2) is 0 Å². The third-order valence-corrected chi connectivity index (χ3v) is 5.09. The molecule has 2 aliphatic heterocycles. The molecule has 0 unspecified atom stereocenters. The quantitative estimate of drug-likeness (QED) is 0.788. The van der Waals surface area contributed by atoms with Crippen molar-refractivity contribution in [2.45, 2.75) is 18.4 Å². The van der Waals surface area contributed by atoms with Crippen molar-refractivity contribution in [2.75, 3.05) is 32.1 Å². The van der Waals surface area contributed by atoms with E-state index in [1.807, 2.05) is 0 Å². The Labute approximate surface area is 127 Å². The molecule has 2 nitrogen and oxygen atoms in total. The summed E-state index contributed by atoms with van der Waals surface area (Å²) in [7, 11) is 4.48. The van der Waals surface area contributed by atoms with Gasteiger partial charge < -0.3 is 9.80 Å². The van der Waals surface area contributed by atoms with Gasteiger partial charge in [-0.3, -0.25) is 0 Å². The van der Waals surface area contributed by atoms with Crippen molar-refractivity contribution in [1.29, 1.82) is 0 Å². The second-order valence-corrected chi connectivity index (χ2v) is 6.55. The molecule has 4 rings (SSSR count). The number of likely N-dealkylation sites (N-methyl/N-ethyl adjacent to an activating group) is 2. The van der Waals surface area contributed by atoms with Crippen LogP contribution in [0.15, 0.2) is 48.5 Å². The minimum Gasteiger partial charge on any atom is -0.374 e. The zero-order chi connectivity index (χ0) is 14.4. The maximum atomic E-state index is 2.48. The zero-order valence-electron chi connectivity index (χ0n) is 12.8. The van der Waals surface area contributed by atoms with E-state index >= 15 is 0 Å². The largest absolute Gasteiger partial charge is 0.374 e. The van der Waals surface area contributed by atoms with Crippen LogP contribution in [-0.2, 0) is 6.54 Å². The van der Waals surface area contributed by atoms with Crippen LogP contribution < -0.4 is 4.90 Å². The van der Waals surface area contributed by atoms with Crippen molar-refractivity contribution >= 4 is 5.69 Å². The van der Waals surface area contributed by atoms with Crippen LogP contribution in [0.2, 0.25) is 0 Å². The molecule has 0 N–H and O–H groups in total. The second kappa shape index (κ2) is 4.88. The highest BCUT2D eigenvalue weighted by atomic mass is 15.1. The summed E-state index contributed by atoms with van der Waals surface area (Å²) in [6.07, 6.45) is 0. The molecule has 0 bridgehead atoms. The topological polar surface area (TPSA) is 6.48 Å². The smallest absolute Gasteiger partial charge is 0.0403 e. The molecule has 2 atom stereocenters. The predicted molar refractivity (Wildman–Crippen MR) is 88.0 cm³/mol. The summed E-state index contributed by atoms with van der Waals surface area (Å²) in [6.45, 7) is 3.34. The lowest BCUT2D eigenvalue weighted by atomic mass is 9.82. The highest BCUT2D eigenvalue weighted by Crippen LogP contribution is 2.47. The Hall–Kier alpha value is -1.80. The van der Waals surface area contributed by atoms with Crippen LogP contribution in [0.4, 0.5) is 5.69 Å². The van der Waals surface area contributed by atoms with E-state index in [0.717, 1.165) is 19.6 Å². The Balaban J connectivity index is 1.85. The van der Waals surface area contributed by atoms with Gasteiger partial charge in [0.15, 0.2) is 0 Å². The van der Waals surface area contributed by atoms with E-state index in [-0.39, 0.29) is 0 Å². The van der Waals surface area contributed by atoms with Crippen LogP contribution >= 0.6 is 0 Å². The summed E-state index contributed by atoms with van der Waals surface area (Å²) < 4.78 is 0. The Morgan fingerprint density at radius 1 is 0.857 bits per heavy atom. The molecule has 0 aliphatic carbocycles. The minimum absolute atomic E-state index is 0.587. The summed E-state index contributed by atoms with van der Waals surface area (Å²) in [5.74, 6) is 1.21. The Bertz CT molecular complexity index is 650. The van der Waals surface area contributed by atoms with Gasteiger partial charge in [0, 0.05) is 44.2 Å². The zero-order valence-corrected chi connectivity index (χ0v) is 12.8. The molecule has 0 radical (unpaired) electrons. The van der Waals surface area contributed by atoms with E-state index in [2.05, 4.69) is 72.4 Å². The maximum absolute atomic E-state index is 2.48. The first-order chi connectivity index (χ1) is 10.2. The molecule has 108 valence electrons. The third-order valence-electron chi connectivity index (χ3n) is 5.09. The van der Waals surface area contributed by atoms with E-state index < -0.39 is 0 Å². The van der Waals surface area contributed by atoms with E-state index in [4.69, 9.17) is 0 Å². The fourth-order valence-electron chi connectivity index (χ4n) is 4.17. The van der Waals surface area contributed by atoms with Gasteiger partial charge in [-0.1, -0.05) is 42.5 Å². The Morgan fingerprint density at radius 3 is 2.48 bits per heavy atom. The molecule has 0 saturated carbocycles. The van der Waals surface area contributed by atoms with Gasteiger partial charge in [0.1, 0.15) is 0 Å². The van der Waals surface area contributed by atoms with Crippen LogP contribution in [0.25, 0.3) is 0 Å².